The largest absolute Gasteiger partial charge is 0.371 e. The van der Waals surface area contributed by atoms with E-state index in [0.717, 1.165) is 18.0 Å². The van der Waals surface area contributed by atoms with Crippen LogP contribution in [-0.2, 0) is 17.8 Å². The van der Waals surface area contributed by atoms with E-state index in [9.17, 15) is 4.79 Å². The van der Waals surface area contributed by atoms with Crippen LogP contribution in [-0.4, -0.2) is 28.1 Å². The van der Waals surface area contributed by atoms with Gasteiger partial charge in [-0.15, -0.1) is 5.10 Å². The second kappa shape index (κ2) is 5.68. The van der Waals surface area contributed by atoms with Crippen LogP contribution in [0.3, 0.4) is 0 Å². The Morgan fingerprint density at radius 1 is 1.45 bits per heavy atom. The van der Waals surface area contributed by atoms with Gasteiger partial charge in [-0.2, -0.15) is 0 Å². The van der Waals surface area contributed by atoms with Gasteiger partial charge >= 0.3 is 0 Å². The molecule has 1 atom stereocenters. The van der Waals surface area contributed by atoms with Crippen LogP contribution < -0.4 is 5.32 Å². The third-order valence-electron chi connectivity index (χ3n) is 3.39. The van der Waals surface area contributed by atoms with Crippen LogP contribution in [0.15, 0.2) is 24.3 Å². The van der Waals surface area contributed by atoms with Gasteiger partial charge in [0.1, 0.15) is 4.88 Å². The molecule has 5 nitrogen and oxygen atoms in total. The summed E-state index contributed by atoms with van der Waals surface area (Å²) in [5.41, 5.74) is 3.20. The van der Waals surface area contributed by atoms with Crippen LogP contribution in [0.1, 0.15) is 26.5 Å². The maximum absolute atomic E-state index is 12.0. The Morgan fingerprint density at radius 2 is 2.25 bits per heavy atom. The summed E-state index contributed by atoms with van der Waals surface area (Å²) in [7, 11) is 0. The molecule has 0 spiro atoms. The summed E-state index contributed by atoms with van der Waals surface area (Å²) >= 11 is 1.12. The second-order valence-electron chi connectivity index (χ2n) is 4.80. The van der Waals surface area contributed by atoms with Crippen LogP contribution in [0, 0.1) is 6.92 Å². The molecular formula is C14H15N3O2S. The van der Waals surface area contributed by atoms with E-state index in [1.54, 1.807) is 6.92 Å². The zero-order valence-corrected chi connectivity index (χ0v) is 11.9. The van der Waals surface area contributed by atoms with Gasteiger partial charge < -0.3 is 10.1 Å². The van der Waals surface area contributed by atoms with E-state index in [2.05, 4.69) is 27.0 Å². The Labute approximate surface area is 121 Å². The summed E-state index contributed by atoms with van der Waals surface area (Å²) < 4.78 is 9.53. The molecule has 2 aromatic rings. The number of fused-ring (bicyclic) bond motifs is 1. The molecule has 0 saturated heterocycles. The van der Waals surface area contributed by atoms with Crippen LogP contribution in [0.4, 0.5) is 0 Å². The molecule has 0 saturated carbocycles. The molecule has 0 fully saturated rings. The fourth-order valence-corrected chi connectivity index (χ4v) is 2.84. The minimum Gasteiger partial charge on any atom is -0.371 e. The minimum absolute atomic E-state index is 0.0232. The molecule has 6 heteroatoms. The number of hydrogen-bond acceptors (Lipinski definition) is 5. The molecule has 0 bridgehead atoms. The summed E-state index contributed by atoms with van der Waals surface area (Å²) in [6.45, 7) is 2.90. The van der Waals surface area contributed by atoms with Crippen LogP contribution in [0.2, 0.25) is 0 Å². The van der Waals surface area contributed by atoms with Crippen molar-refractivity contribution >= 4 is 17.4 Å². The van der Waals surface area contributed by atoms with Gasteiger partial charge in [0.15, 0.2) is 0 Å². The quantitative estimate of drug-likeness (QED) is 0.934. The van der Waals surface area contributed by atoms with Crippen LogP contribution in [0.25, 0.3) is 0 Å². The summed E-state index contributed by atoms with van der Waals surface area (Å²) in [6.07, 6.45) is 0.853. The molecule has 1 aromatic heterocycles. The molecule has 1 aromatic carbocycles. The van der Waals surface area contributed by atoms with Gasteiger partial charge in [-0.05, 0) is 29.6 Å². The highest BCUT2D eigenvalue weighted by Crippen LogP contribution is 2.20. The lowest BCUT2D eigenvalue weighted by atomic mass is 9.99. The monoisotopic (exact) mass is 289 g/mol. The van der Waals surface area contributed by atoms with Crippen molar-refractivity contribution in [1.29, 1.82) is 0 Å². The van der Waals surface area contributed by atoms with Gasteiger partial charge in [0.2, 0.25) is 0 Å². The van der Waals surface area contributed by atoms with E-state index in [-0.39, 0.29) is 12.0 Å². The minimum atomic E-state index is -0.125. The standard InChI is InChI=1S/C14H15N3O2S/c1-9-13(20-17-16-9)14(18)15-7-12-6-10-4-2-3-5-11(10)8-19-12/h2-5,12H,6-8H2,1H3,(H,15,18)/t12-/m0/s1. The first-order valence-corrected chi connectivity index (χ1v) is 7.27. The molecule has 2 heterocycles. The van der Waals surface area contributed by atoms with Crippen molar-refractivity contribution < 1.29 is 9.53 Å². The lowest BCUT2D eigenvalue weighted by molar-refractivity contribution is 0.0285. The van der Waals surface area contributed by atoms with Gasteiger partial charge in [0, 0.05) is 13.0 Å². The van der Waals surface area contributed by atoms with Gasteiger partial charge in [0.05, 0.1) is 18.4 Å². The molecule has 3 rings (SSSR count). The highest BCUT2D eigenvalue weighted by Gasteiger charge is 2.20. The number of carbonyl (C=O) groups is 1. The number of hydrogen-bond donors (Lipinski definition) is 1. The Kier molecular flexibility index (Phi) is 3.75. The number of amides is 1. The third kappa shape index (κ3) is 2.71. The zero-order chi connectivity index (χ0) is 13.9. The Hall–Kier alpha value is -1.79. The normalized spacial score (nSPS) is 17.6. The van der Waals surface area contributed by atoms with E-state index in [1.165, 1.54) is 11.1 Å². The van der Waals surface area contributed by atoms with E-state index in [4.69, 9.17) is 4.74 Å². The molecule has 0 unspecified atom stereocenters. The summed E-state index contributed by atoms with van der Waals surface area (Å²) in [5, 5.41) is 6.73. The second-order valence-corrected chi connectivity index (χ2v) is 5.56. The molecule has 104 valence electrons. The molecular weight excluding hydrogens is 274 g/mol. The highest BCUT2D eigenvalue weighted by atomic mass is 32.1. The molecule has 1 aliphatic heterocycles. The van der Waals surface area contributed by atoms with E-state index in [0.29, 0.717) is 23.7 Å². The first kappa shape index (κ1) is 13.2. The zero-order valence-electron chi connectivity index (χ0n) is 11.1. The molecule has 1 amide bonds. The molecule has 1 aliphatic rings. The number of aryl methyl sites for hydroxylation is 1. The lowest BCUT2D eigenvalue weighted by Gasteiger charge is -2.25. The van der Waals surface area contributed by atoms with Gasteiger partial charge in [-0.25, -0.2) is 0 Å². The van der Waals surface area contributed by atoms with Crippen molar-refractivity contribution in [1.82, 2.24) is 14.9 Å². The van der Waals surface area contributed by atoms with Crippen molar-refractivity contribution in [3.8, 4) is 0 Å². The first-order valence-electron chi connectivity index (χ1n) is 6.49. The van der Waals surface area contributed by atoms with Crippen molar-refractivity contribution in [3.63, 3.8) is 0 Å². The number of nitrogens with one attached hydrogen (secondary N) is 1. The summed E-state index contributed by atoms with van der Waals surface area (Å²) in [6, 6.07) is 8.25. The third-order valence-corrected chi connectivity index (χ3v) is 4.22. The topological polar surface area (TPSA) is 64.1 Å². The predicted molar refractivity (Wildman–Crippen MR) is 75.7 cm³/mol. The Morgan fingerprint density at radius 3 is 3.00 bits per heavy atom. The number of nitrogens with zero attached hydrogens (tertiary/aromatic N) is 2. The summed E-state index contributed by atoms with van der Waals surface area (Å²) in [5.74, 6) is -0.125. The van der Waals surface area contributed by atoms with Gasteiger partial charge in [0.25, 0.3) is 5.91 Å². The maximum Gasteiger partial charge on any atom is 0.265 e. The van der Waals surface area contributed by atoms with E-state index < -0.39 is 0 Å². The van der Waals surface area contributed by atoms with E-state index in [1.807, 2.05) is 12.1 Å². The number of benzene rings is 1. The molecule has 20 heavy (non-hydrogen) atoms. The van der Waals surface area contributed by atoms with Gasteiger partial charge in [-0.3, -0.25) is 4.79 Å². The van der Waals surface area contributed by atoms with E-state index >= 15 is 0 Å². The van der Waals surface area contributed by atoms with Crippen molar-refractivity contribution in [2.75, 3.05) is 6.54 Å². The number of ether oxygens (including phenoxy) is 1. The molecule has 1 N–H and O–H groups in total. The summed E-state index contributed by atoms with van der Waals surface area (Å²) in [4.78, 5) is 12.5. The lowest BCUT2D eigenvalue weighted by Crippen LogP contribution is -2.36. The SMILES string of the molecule is Cc1nnsc1C(=O)NC[C@@H]1Cc2ccccc2CO1. The highest BCUT2D eigenvalue weighted by molar-refractivity contribution is 7.07. The van der Waals surface area contributed by atoms with Crippen molar-refractivity contribution in [2.24, 2.45) is 0 Å². The van der Waals surface area contributed by atoms with Crippen molar-refractivity contribution in [2.45, 2.75) is 26.1 Å². The predicted octanol–water partition coefficient (Wildman–Crippen LogP) is 1.72. The Bertz CT molecular complexity index is 626. The maximum atomic E-state index is 12.0. The van der Waals surface area contributed by atoms with Crippen molar-refractivity contribution in [3.05, 3.63) is 46.0 Å². The van der Waals surface area contributed by atoms with Crippen LogP contribution >= 0.6 is 11.5 Å². The fourth-order valence-electron chi connectivity index (χ4n) is 2.27. The molecule has 0 aliphatic carbocycles. The number of carbonyl (C=O) groups excluding carboxylic acids is 1. The smallest absolute Gasteiger partial charge is 0.265 e. The average molecular weight is 289 g/mol. The number of aromatic nitrogens is 2. The number of rotatable bonds is 3. The average Bonchev–Trinajstić information content (AvgIpc) is 2.91. The first-order chi connectivity index (χ1) is 9.74. The fraction of sp³-hybridized carbons (Fsp3) is 0.357. The Balaban J connectivity index is 1.58. The van der Waals surface area contributed by atoms with Crippen LogP contribution in [0.5, 0.6) is 0 Å². The van der Waals surface area contributed by atoms with Gasteiger partial charge in [-0.1, -0.05) is 28.8 Å². The molecule has 0 radical (unpaired) electrons.